The predicted octanol–water partition coefficient (Wildman–Crippen LogP) is 6.75. The Kier molecular flexibility index (Phi) is 9.78. The number of nitrogens with one attached hydrogen (secondary N) is 2. The van der Waals surface area contributed by atoms with E-state index in [1.165, 1.54) is 11.1 Å². The second kappa shape index (κ2) is 13.4. The van der Waals surface area contributed by atoms with Crippen LogP contribution >= 0.6 is 7.60 Å². The van der Waals surface area contributed by atoms with Crippen LogP contribution in [-0.2, 0) is 32.5 Å². The van der Waals surface area contributed by atoms with Gasteiger partial charge in [-0.3, -0.25) is 14.3 Å². The van der Waals surface area contributed by atoms with Crippen LogP contribution in [0.2, 0.25) is 0 Å². The molecule has 3 N–H and O–H groups in total. The maximum Gasteiger partial charge on any atom is 0.421 e. The lowest BCUT2D eigenvalue weighted by Crippen LogP contribution is -2.18. The molecular formula is C30H36F3N6O5P. The quantitative estimate of drug-likeness (QED) is 0.192. The number of aliphatic hydroxyl groups is 1. The van der Waals surface area contributed by atoms with Crippen LogP contribution in [0, 0.1) is 0 Å². The number of aliphatic hydroxyl groups excluding tert-OH is 1. The topological polar surface area (TPSA) is 139 Å². The van der Waals surface area contributed by atoms with Crippen molar-refractivity contribution in [1.29, 1.82) is 0 Å². The van der Waals surface area contributed by atoms with E-state index in [1.807, 2.05) is 6.07 Å². The van der Waals surface area contributed by atoms with Gasteiger partial charge in [-0.05, 0) is 74.8 Å². The van der Waals surface area contributed by atoms with Gasteiger partial charge in [0.1, 0.15) is 11.4 Å². The summed E-state index contributed by atoms with van der Waals surface area (Å²) in [6, 6.07) is 6.67. The molecule has 1 aliphatic heterocycles. The Morgan fingerprint density at radius 1 is 1.02 bits per heavy atom. The predicted molar refractivity (Wildman–Crippen MR) is 162 cm³/mol. The standard InChI is InChI=1S/C30H36F3N6O5P/c1-4-43-45(42,44-5-2)17-20-9-8-19(14-34-20)36-29-35-15-24(30(31,32)33)27(38-29)37-25-13-12-22(18-6-10-21(40)11-7-18)23-16-39(3)28(41)26(23)25/h8-9,12-15,18,21,40H,4-7,10-11,16-17H2,1-3H3,(H2,35,36,37,38). The van der Waals surface area contributed by atoms with Crippen LogP contribution in [0.3, 0.4) is 0 Å². The molecule has 3 heterocycles. The van der Waals surface area contributed by atoms with Crippen molar-refractivity contribution >= 4 is 36.6 Å². The molecule has 0 radical (unpaired) electrons. The smallest absolute Gasteiger partial charge is 0.393 e. The summed E-state index contributed by atoms with van der Waals surface area (Å²) in [7, 11) is -1.72. The number of alkyl halides is 3. The molecule has 2 aliphatic rings. The highest BCUT2D eigenvalue weighted by Gasteiger charge is 2.37. The summed E-state index contributed by atoms with van der Waals surface area (Å²) in [4.78, 5) is 27.0. The number of amides is 1. The first-order valence-corrected chi connectivity index (χ1v) is 16.5. The number of carbonyl (C=O) groups is 1. The summed E-state index contributed by atoms with van der Waals surface area (Å²) in [6.45, 7) is 4.18. The lowest BCUT2D eigenvalue weighted by molar-refractivity contribution is -0.137. The molecule has 1 amide bonds. The average Bonchev–Trinajstić information content (AvgIpc) is 3.28. The molecule has 1 aliphatic carbocycles. The number of rotatable bonds is 11. The Hall–Kier alpha value is -3.58. The van der Waals surface area contributed by atoms with Crippen molar-refractivity contribution in [2.24, 2.45) is 0 Å². The van der Waals surface area contributed by atoms with Gasteiger partial charge in [0.25, 0.3) is 5.91 Å². The molecular weight excluding hydrogens is 612 g/mol. The largest absolute Gasteiger partial charge is 0.421 e. The molecule has 1 fully saturated rings. The summed E-state index contributed by atoms with van der Waals surface area (Å²) in [5, 5.41) is 15.6. The average molecular weight is 649 g/mol. The zero-order chi connectivity index (χ0) is 32.4. The fraction of sp³-hybridized carbons (Fsp3) is 0.467. The molecule has 0 bridgehead atoms. The van der Waals surface area contributed by atoms with Gasteiger partial charge in [-0.15, -0.1) is 0 Å². The Morgan fingerprint density at radius 2 is 1.73 bits per heavy atom. The molecule has 242 valence electrons. The van der Waals surface area contributed by atoms with Crippen molar-refractivity contribution in [2.45, 2.75) is 70.4 Å². The number of pyridine rings is 1. The number of hydrogen-bond acceptors (Lipinski definition) is 10. The molecule has 11 nitrogen and oxygen atoms in total. The maximum atomic E-state index is 14.1. The van der Waals surface area contributed by atoms with E-state index < -0.39 is 25.2 Å². The van der Waals surface area contributed by atoms with Crippen LogP contribution in [0.1, 0.15) is 78.2 Å². The Morgan fingerprint density at radius 3 is 2.36 bits per heavy atom. The minimum absolute atomic E-state index is 0.0421. The molecule has 1 aromatic carbocycles. The number of hydrogen-bond donors (Lipinski definition) is 3. The summed E-state index contributed by atoms with van der Waals surface area (Å²) in [6.07, 6.45) is -0.202. The van der Waals surface area contributed by atoms with Crippen molar-refractivity contribution < 1.29 is 36.7 Å². The molecule has 0 saturated heterocycles. The van der Waals surface area contributed by atoms with Gasteiger partial charge in [0.15, 0.2) is 0 Å². The van der Waals surface area contributed by atoms with Crippen molar-refractivity contribution in [1.82, 2.24) is 19.9 Å². The van der Waals surface area contributed by atoms with Gasteiger partial charge >= 0.3 is 13.8 Å². The van der Waals surface area contributed by atoms with Crippen molar-refractivity contribution in [3.8, 4) is 0 Å². The second-order valence-electron chi connectivity index (χ2n) is 11.1. The lowest BCUT2D eigenvalue weighted by Gasteiger charge is -2.27. The third-order valence-electron chi connectivity index (χ3n) is 7.88. The van der Waals surface area contributed by atoms with E-state index in [1.54, 1.807) is 39.1 Å². The zero-order valence-electron chi connectivity index (χ0n) is 25.2. The Labute approximate surface area is 259 Å². The fourth-order valence-corrected chi connectivity index (χ4v) is 7.39. The Balaban J connectivity index is 1.42. The molecule has 1 saturated carbocycles. The van der Waals surface area contributed by atoms with Crippen LogP contribution in [-0.4, -0.2) is 57.2 Å². The molecule has 2 aromatic heterocycles. The molecule has 3 aromatic rings. The first-order valence-electron chi connectivity index (χ1n) is 14.8. The van der Waals surface area contributed by atoms with E-state index in [4.69, 9.17) is 9.05 Å². The number of anilines is 4. The van der Waals surface area contributed by atoms with Gasteiger partial charge in [-0.1, -0.05) is 6.07 Å². The number of halogens is 3. The van der Waals surface area contributed by atoms with Gasteiger partial charge in [0, 0.05) is 19.8 Å². The summed E-state index contributed by atoms with van der Waals surface area (Å²) < 4.78 is 65.6. The van der Waals surface area contributed by atoms with Crippen LogP contribution in [0.4, 0.5) is 36.3 Å². The Bertz CT molecular complexity index is 1570. The summed E-state index contributed by atoms with van der Waals surface area (Å²) >= 11 is 0. The van der Waals surface area contributed by atoms with E-state index in [0.29, 0.717) is 42.5 Å². The van der Waals surface area contributed by atoms with E-state index in [0.717, 1.165) is 24.0 Å². The highest BCUT2D eigenvalue weighted by molar-refractivity contribution is 7.53. The van der Waals surface area contributed by atoms with Gasteiger partial charge in [0.05, 0.1) is 54.3 Å². The minimum Gasteiger partial charge on any atom is -0.393 e. The third kappa shape index (κ3) is 7.46. The molecule has 0 atom stereocenters. The molecule has 0 unspecified atom stereocenters. The van der Waals surface area contributed by atoms with Crippen molar-refractivity contribution in [3.05, 3.63) is 64.6 Å². The molecule has 0 spiro atoms. The summed E-state index contributed by atoms with van der Waals surface area (Å²) in [5.74, 6) is -0.791. The van der Waals surface area contributed by atoms with E-state index >= 15 is 0 Å². The van der Waals surface area contributed by atoms with Gasteiger partial charge < -0.3 is 29.7 Å². The normalized spacial score (nSPS) is 18.6. The third-order valence-corrected chi connectivity index (χ3v) is 9.89. The van der Waals surface area contributed by atoms with Crippen LogP contribution in [0.5, 0.6) is 0 Å². The van der Waals surface area contributed by atoms with Gasteiger partial charge in [-0.2, -0.15) is 18.2 Å². The number of aromatic nitrogens is 3. The monoisotopic (exact) mass is 648 g/mol. The highest BCUT2D eigenvalue weighted by Crippen LogP contribution is 2.51. The number of fused-ring (bicyclic) bond motifs is 1. The first-order chi connectivity index (χ1) is 21.4. The van der Waals surface area contributed by atoms with Crippen LogP contribution in [0.25, 0.3) is 0 Å². The highest BCUT2D eigenvalue weighted by atomic mass is 31.2. The van der Waals surface area contributed by atoms with Gasteiger partial charge in [0.2, 0.25) is 5.95 Å². The molecule has 45 heavy (non-hydrogen) atoms. The van der Waals surface area contributed by atoms with E-state index in [9.17, 15) is 27.6 Å². The number of carbonyl (C=O) groups excluding carboxylic acids is 1. The lowest BCUT2D eigenvalue weighted by atomic mass is 9.80. The van der Waals surface area contributed by atoms with Crippen LogP contribution < -0.4 is 10.6 Å². The first kappa shape index (κ1) is 32.8. The summed E-state index contributed by atoms with van der Waals surface area (Å²) in [5.41, 5.74) is 2.02. The number of nitrogens with zero attached hydrogens (tertiary/aromatic N) is 4. The van der Waals surface area contributed by atoms with Gasteiger partial charge in [-0.25, -0.2) is 4.98 Å². The number of benzene rings is 1. The van der Waals surface area contributed by atoms with Crippen molar-refractivity contribution in [3.63, 3.8) is 0 Å². The SMILES string of the molecule is CCOP(=O)(Cc1ccc(Nc2ncc(C(F)(F)F)c(Nc3ccc(C4CCC(O)CC4)c4c3C(=O)N(C)C4)n2)cn1)OCC. The van der Waals surface area contributed by atoms with Crippen molar-refractivity contribution in [2.75, 3.05) is 30.9 Å². The maximum absolute atomic E-state index is 14.1. The van der Waals surface area contributed by atoms with E-state index in [2.05, 4.69) is 25.6 Å². The molecule has 5 rings (SSSR count). The van der Waals surface area contributed by atoms with Crippen LogP contribution in [0.15, 0.2) is 36.7 Å². The second-order valence-corrected chi connectivity index (χ2v) is 13.1. The zero-order valence-corrected chi connectivity index (χ0v) is 26.1. The van der Waals surface area contributed by atoms with E-state index in [-0.39, 0.29) is 48.9 Å². The molecule has 15 heteroatoms. The fourth-order valence-electron chi connectivity index (χ4n) is 5.77. The minimum atomic E-state index is -4.77.